The van der Waals surface area contributed by atoms with Gasteiger partial charge in [0, 0.05) is 49.4 Å². The lowest BCUT2D eigenvalue weighted by molar-refractivity contribution is -0.136. The highest BCUT2D eigenvalue weighted by Crippen LogP contribution is 2.36. The second kappa shape index (κ2) is 22.4. The fraction of sp³-hybridized carbons (Fsp3) is 0.373. The first-order valence-electron chi connectivity index (χ1n) is 23.7. The van der Waals surface area contributed by atoms with Crippen LogP contribution in [0, 0.1) is 11.3 Å². The van der Waals surface area contributed by atoms with E-state index in [1.165, 1.54) is 12.4 Å². The summed E-state index contributed by atoms with van der Waals surface area (Å²) >= 11 is 0. The quantitative estimate of drug-likeness (QED) is 0.0373. The molecule has 3 aliphatic heterocycles. The number of likely N-dealkylation sites (N-methyl/N-ethyl adjacent to an activating group) is 1. The van der Waals surface area contributed by atoms with E-state index in [1.54, 1.807) is 23.1 Å². The topological polar surface area (TPSA) is 269 Å². The van der Waals surface area contributed by atoms with E-state index in [1.807, 2.05) is 85.1 Å². The molecule has 72 heavy (non-hydrogen) atoms. The maximum absolute atomic E-state index is 14.0. The Morgan fingerprint density at radius 3 is 2.44 bits per heavy atom. The van der Waals surface area contributed by atoms with Crippen molar-refractivity contribution in [2.24, 2.45) is 0 Å². The van der Waals surface area contributed by atoms with Gasteiger partial charge in [0.25, 0.3) is 17.7 Å². The van der Waals surface area contributed by atoms with E-state index in [4.69, 9.17) is 25.0 Å². The van der Waals surface area contributed by atoms with Crippen LogP contribution in [0.2, 0.25) is 0 Å². The molecule has 2 fully saturated rings. The number of fused-ring (bicyclic) bond motifs is 2. The average Bonchev–Trinajstić information content (AvgIpc) is 3.90. The standard InChI is InChI=1S/C51H56N12O9/c1-51(2,60(3)22-24-71-26-25-70-23-20-54-41(65)29-55-38-13-7-12-37-42(38)50(69)62(49(37)68)39-18-19-40(64)58-47(39)66)27-33(28-52)48(67)61-21-8-9-34(30-61)63-46-43(45(53)56-31-57-46)44(59-63)32-14-16-36(17-15-32)72-35-10-5-4-6-11-35/h4-7,10-17,27,31,34,39,55H,8-9,18-26,29-30H2,1-3H3,(H,54,65)(H2,53,56,57)(H,58,64,66). The highest BCUT2D eigenvalue weighted by Gasteiger charge is 2.45. The Hall–Kier alpha value is -8.06. The van der Waals surface area contributed by atoms with Gasteiger partial charge in [0.15, 0.2) is 5.65 Å². The van der Waals surface area contributed by atoms with Crippen molar-refractivity contribution in [2.75, 3.05) is 77.2 Å². The first-order chi connectivity index (χ1) is 34.7. The second-order valence-electron chi connectivity index (χ2n) is 18.1. The molecule has 5 N–H and O–H groups in total. The van der Waals surface area contributed by atoms with Crippen LogP contribution in [0.3, 0.4) is 0 Å². The molecule has 2 atom stereocenters. The fourth-order valence-corrected chi connectivity index (χ4v) is 8.85. The molecular formula is C51H56N12O9. The number of nitriles is 1. The first-order valence-corrected chi connectivity index (χ1v) is 23.7. The molecule has 2 unspecified atom stereocenters. The summed E-state index contributed by atoms with van der Waals surface area (Å²) in [7, 11) is 1.89. The number of nitrogens with two attached hydrogens (primary N) is 1. The number of rotatable bonds is 20. The fourth-order valence-electron chi connectivity index (χ4n) is 8.85. The molecule has 5 heterocycles. The molecule has 5 aromatic rings. The average molecular weight is 981 g/mol. The summed E-state index contributed by atoms with van der Waals surface area (Å²) in [6.07, 6.45) is 4.57. The van der Waals surface area contributed by atoms with Crippen molar-refractivity contribution >= 4 is 58.0 Å². The number of anilines is 2. The van der Waals surface area contributed by atoms with Crippen molar-refractivity contribution in [2.45, 2.75) is 57.2 Å². The molecule has 0 spiro atoms. The van der Waals surface area contributed by atoms with E-state index < -0.39 is 35.2 Å². The second-order valence-corrected chi connectivity index (χ2v) is 18.1. The number of carbonyl (C=O) groups is 6. The number of piperidine rings is 2. The molecule has 0 bridgehead atoms. The number of para-hydroxylation sites is 1. The largest absolute Gasteiger partial charge is 0.457 e. The molecule has 2 saturated heterocycles. The maximum atomic E-state index is 14.0. The molecule has 0 saturated carbocycles. The maximum Gasteiger partial charge on any atom is 0.264 e. The monoisotopic (exact) mass is 980 g/mol. The van der Waals surface area contributed by atoms with Gasteiger partial charge in [0.2, 0.25) is 17.7 Å². The van der Waals surface area contributed by atoms with E-state index in [-0.39, 0.29) is 79.4 Å². The van der Waals surface area contributed by atoms with Gasteiger partial charge >= 0.3 is 0 Å². The predicted octanol–water partition coefficient (Wildman–Crippen LogP) is 3.85. The van der Waals surface area contributed by atoms with E-state index in [0.717, 1.165) is 22.6 Å². The highest BCUT2D eigenvalue weighted by molar-refractivity contribution is 6.25. The van der Waals surface area contributed by atoms with Crippen LogP contribution in [0.4, 0.5) is 11.5 Å². The minimum absolute atomic E-state index is 0.00864. The van der Waals surface area contributed by atoms with Gasteiger partial charge in [-0.15, -0.1) is 0 Å². The van der Waals surface area contributed by atoms with Crippen LogP contribution >= 0.6 is 0 Å². The lowest BCUT2D eigenvalue weighted by atomic mass is 9.98. The molecule has 2 aromatic heterocycles. The Kier molecular flexibility index (Phi) is 15.6. The summed E-state index contributed by atoms with van der Waals surface area (Å²) in [4.78, 5) is 90.4. The number of hydrogen-bond donors (Lipinski definition) is 4. The van der Waals surface area contributed by atoms with Gasteiger partial charge in [-0.05, 0) is 94.8 Å². The Balaban J connectivity index is 0.760. The Labute approximate surface area is 415 Å². The number of aromatic nitrogens is 4. The molecule has 3 aliphatic rings. The van der Waals surface area contributed by atoms with E-state index >= 15 is 0 Å². The predicted molar refractivity (Wildman–Crippen MR) is 263 cm³/mol. The SMILES string of the molecule is CN(CCOCCOCCNC(=O)CNc1cccc2c1C(=O)N(C1CCC(=O)NC1=O)C2=O)C(C)(C)C=C(C#N)C(=O)N1CCCC(n2nc(-c3ccc(Oc4ccccc4)cc3)c3c(N)ncnc32)C1. The van der Waals surface area contributed by atoms with Crippen LogP contribution in [-0.4, -0.2) is 148 Å². The van der Waals surface area contributed by atoms with Crippen LogP contribution in [0.1, 0.15) is 66.3 Å². The number of benzene rings is 3. The summed E-state index contributed by atoms with van der Waals surface area (Å²) in [6, 6.07) is 22.5. The van der Waals surface area contributed by atoms with Crippen LogP contribution in [0.15, 0.2) is 90.8 Å². The van der Waals surface area contributed by atoms with Crippen molar-refractivity contribution in [3.8, 4) is 28.8 Å². The van der Waals surface area contributed by atoms with Gasteiger partial charge in [-0.2, -0.15) is 10.4 Å². The summed E-state index contributed by atoms with van der Waals surface area (Å²) in [6.45, 7) is 6.30. The molecule has 3 aromatic carbocycles. The summed E-state index contributed by atoms with van der Waals surface area (Å²) < 4.78 is 19.2. The Bertz CT molecular complexity index is 2930. The van der Waals surface area contributed by atoms with Crippen molar-refractivity contribution in [3.63, 3.8) is 0 Å². The van der Waals surface area contributed by atoms with E-state index in [9.17, 15) is 34.0 Å². The molecular weight excluding hydrogens is 925 g/mol. The third kappa shape index (κ3) is 11.3. The van der Waals surface area contributed by atoms with Crippen molar-refractivity contribution in [3.05, 3.63) is 102 Å². The molecule has 374 valence electrons. The minimum Gasteiger partial charge on any atom is -0.457 e. The van der Waals surface area contributed by atoms with Crippen molar-refractivity contribution in [1.82, 2.24) is 45.1 Å². The number of ether oxygens (including phenoxy) is 3. The zero-order valence-electron chi connectivity index (χ0n) is 40.3. The van der Waals surface area contributed by atoms with Gasteiger partial charge < -0.3 is 35.5 Å². The molecule has 0 radical (unpaired) electrons. The molecule has 0 aliphatic carbocycles. The molecule has 6 amide bonds. The number of hydrogen-bond acceptors (Lipinski definition) is 16. The van der Waals surface area contributed by atoms with Crippen LogP contribution in [0.25, 0.3) is 22.3 Å². The van der Waals surface area contributed by atoms with Gasteiger partial charge in [-0.1, -0.05) is 24.3 Å². The Morgan fingerprint density at radius 1 is 0.944 bits per heavy atom. The van der Waals surface area contributed by atoms with Gasteiger partial charge in [-0.3, -0.25) is 43.9 Å². The zero-order chi connectivity index (χ0) is 50.9. The van der Waals surface area contributed by atoms with Crippen LogP contribution in [0.5, 0.6) is 11.5 Å². The molecule has 21 nitrogen and oxygen atoms in total. The third-order valence-electron chi connectivity index (χ3n) is 12.9. The van der Waals surface area contributed by atoms with Crippen LogP contribution < -0.4 is 26.4 Å². The van der Waals surface area contributed by atoms with Crippen LogP contribution in [-0.2, 0) is 28.7 Å². The number of likely N-dealkylation sites (tertiary alicyclic amines) is 1. The van der Waals surface area contributed by atoms with Crippen molar-refractivity contribution < 1.29 is 43.0 Å². The zero-order valence-corrected chi connectivity index (χ0v) is 40.3. The smallest absolute Gasteiger partial charge is 0.264 e. The number of nitrogens with one attached hydrogen (secondary N) is 3. The molecule has 21 heteroatoms. The number of amides is 6. The number of nitrogens with zero attached hydrogens (tertiary/aromatic N) is 8. The number of carbonyl (C=O) groups excluding carboxylic acids is 6. The van der Waals surface area contributed by atoms with E-state index in [0.29, 0.717) is 67.6 Å². The minimum atomic E-state index is -1.10. The van der Waals surface area contributed by atoms with Gasteiger partial charge in [0.05, 0.1) is 55.5 Å². The van der Waals surface area contributed by atoms with Crippen molar-refractivity contribution in [1.29, 1.82) is 5.26 Å². The Morgan fingerprint density at radius 2 is 1.69 bits per heavy atom. The van der Waals surface area contributed by atoms with E-state index in [2.05, 4.69) is 32.0 Å². The lowest BCUT2D eigenvalue weighted by Gasteiger charge is -2.35. The number of nitrogen functional groups attached to an aromatic ring is 1. The molecule has 8 rings (SSSR count). The first kappa shape index (κ1) is 50.3. The third-order valence-corrected chi connectivity index (χ3v) is 12.9. The van der Waals surface area contributed by atoms with Gasteiger partial charge in [-0.25, -0.2) is 14.6 Å². The summed E-state index contributed by atoms with van der Waals surface area (Å²) in [5.74, 6) is -1.54. The normalized spacial score (nSPS) is 17.2. The number of imide groups is 2. The summed E-state index contributed by atoms with van der Waals surface area (Å²) in [5.41, 5.74) is 8.19. The van der Waals surface area contributed by atoms with Gasteiger partial charge in [0.1, 0.15) is 47.0 Å². The summed E-state index contributed by atoms with van der Waals surface area (Å²) in [5, 5.41) is 23.7. The highest BCUT2D eigenvalue weighted by atomic mass is 16.5. The lowest BCUT2D eigenvalue weighted by Crippen LogP contribution is -2.54.